The number of fused-ring (bicyclic) bond motifs is 7. The molecule has 17 atom stereocenters. The van der Waals surface area contributed by atoms with Crippen molar-refractivity contribution in [2.24, 2.45) is 50.2 Å². The maximum Gasteiger partial charge on any atom is 0.335 e. The number of hydrogen-bond donors (Lipinski definition) is 7. The Kier molecular flexibility index (Phi) is 12.6. The van der Waals surface area contributed by atoms with Crippen molar-refractivity contribution in [3.63, 3.8) is 0 Å². The molecule has 0 radical (unpaired) electrons. The molecule has 6 aliphatic rings. The highest BCUT2D eigenvalue weighted by molar-refractivity contribution is 5.88. The number of carboxylic acid groups (broad SMARTS) is 1. The summed E-state index contributed by atoms with van der Waals surface area (Å²) in [6.07, 6.45) is -3.27. The normalized spacial score (nSPS) is 47.7. The Hall–Kier alpha value is -2.69. The van der Waals surface area contributed by atoms with Crippen LogP contribution in [0.2, 0.25) is 0 Å². The summed E-state index contributed by atoms with van der Waals surface area (Å²) in [5.74, 6) is -3.13. The molecule has 4 saturated carbocycles. The SMILES string of the molecule is C/C=C(/C)C(=O)O[C@H]1[C@H](OC(=O)/C(C)=C\C)[C@]2(CO)[C@@H](O)C[C@]3(C)C(=CC[C@@H]4[C@@]5(C)CC[C@H](O[C@@H]6O[C@H](C(=O)O)[C@@H](O)[C@H](O)[C@H]6O)[C@@](C)(CO)[C@@H]5CC[C@]43C)[C@@H]2CC1(C)C. The van der Waals surface area contributed by atoms with Crippen LogP contribution in [0.15, 0.2) is 34.9 Å². The van der Waals surface area contributed by atoms with E-state index in [9.17, 15) is 50.1 Å². The molecule has 1 saturated heterocycles. The number of aliphatic carboxylic acids is 1. The van der Waals surface area contributed by atoms with Gasteiger partial charge < -0.3 is 54.7 Å². The quantitative estimate of drug-likeness (QED) is 0.0754. The van der Waals surface area contributed by atoms with Crippen molar-refractivity contribution in [1.82, 2.24) is 0 Å². The average molecular weight is 847 g/mol. The highest BCUT2D eigenvalue weighted by Gasteiger charge is 2.74. The molecule has 5 aliphatic carbocycles. The number of carbonyl (C=O) groups excluding carboxylic acids is 2. The Balaban J connectivity index is 1.38. The molecule has 0 aromatic heterocycles. The molecule has 338 valence electrons. The Morgan fingerprint density at radius 3 is 1.95 bits per heavy atom. The molecule has 6 rings (SSSR count). The number of allylic oxidation sites excluding steroid dienone is 4. The van der Waals surface area contributed by atoms with Gasteiger partial charge in [-0.2, -0.15) is 0 Å². The Morgan fingerprint density at radius 1 is 0.800 bits per heavy atom. The summed E-state index contributed by atoms with van der Waals surface area (Å²) in [5.41, 5.74) is -2.47. The molecule has 7 N–H and O–H groups in total. The summed E-state index contributed by atoms with van der Waals surface area (Å²) in [6, 6.07) is 0. The summed E-state index contributed by atoms with van der Waals surface area (Å²) in [5, 5.41) is 76.8. The summed E-state index contributed by atoms with van der Waals surface area (Å²) < 4.78 is 24.4. The maximum atomic E-state index is 13.7. The van der Waals surface area contributed by atoms with Crippen molar-refractivity contribution in [2.45, 2.75) is 169 Å². The predicted octanol–water partition coefficient (Wildman–Crippen LogP) is 3.98. The molecule has 1 heterocycles. The van der Waals surface area contributed by atoms with Gasteiger partial charge in [0.15, 0.2) is 18.5 Å². The molecule has 14 nitrogen and oxygen atoms in total. The highest BCUT2D eigenvalue weighted by Crippen LogP contribution is 2.76. The van der Waals surface area contributed by atoms with Crippen LogP contribution in [0.4, 0.5) is 0 Å². The third kappa shape index (κ3) is 6.76. The van der Waals surface area contributed by atoms with E-state index in [1.54, 1.807) is 39.8 Å². The van der Waals surface area contributed by atoms with Gasteiger partial charge in [-0.05, 0) is 107 Å². The molecule has 0 amide bonds. The van der Waals surface area contributed by atoms with Crippen LogP contribution in [-0.4, -0.2) is 122 Å². The zero-order chi connectivity index (χ0) is 44.7. The first-order valence-corrected chi connectivity index (χ1v) is 21.8. The number of hydrogen-bond acceptors (Lipinski definition) is 13. The molecule has 60 heavy (non-hydrogen) atoms. The highest BCUT2D eigenvalue weighted by atomic mass is 16.7. The molecule has 0 spiro atoms. The van der Waals surface area contributed by atoms with Crippen LogP contribution in [0.3, 0.4) is 0 Å². The minimum Gasteiger partial charge on any atom is -0.479 e. The lowest BCUT2D eigenvalue weighted by Crippen LogP contribution is -2.72. The van der Waals surface area contributed by atoms with Gasteiger partial charge in [-0.25, -0.2) is 14.4 Å². The second-order valence-corrected chi connectivity index (χ2v) is 20.7. The van der Waals surface area contributed by atoms with Crippen molar-refractivity contribution < 1.29 is 69.1 Å². The maximum absolute atomic E-state index is 13.7. The van der Waals surface area contributed by atoms with Crippen LogP contribution in [0, 0.1) is 50.2 Å². The van der Waals surface area contributed by atoms with E-state index in [4.69, 9.17) is 18.9 Å². The van der Waals surface area contributed by atoms with Crippen LogP contribution in [0.25, 0.3) is 0 Å². The minimum absolute atomic E-state index is 0.0723. The number of aliphatic hydroxyl groups excluding tert-OH is 6. The van der Waals surface area contributed by atoms with E-state index in [1.807, 2.05) is 20.8 Å². The van der Waals surface area contributed by atoms with Crippen LogP contribution in [-0.2, 0) is 33.3 Å². The Labute approximate surface area is 354 Å². The summed E-state index contributed by atoms with van der Waals surface area (Å²) >= 11 is 0. The topological polar surface area (TPSA) is 230 Å². The molecule has 0 unspecified atom stereocenters. The van der Waals surface area contributed by atoms with Gasteiger partial charge in [0.05, 0.1) is 30.8 Å². The lowest BCUT2D eigenvalue weighted by atomic mass is 9.33. The molecule has 14 heteroatoms. The van der Waals surface area contributed by atoms with Gasteiger partial charge in [-0.3, -0.25) is 0 Å². The molecular formula is C46H70O14. The second kappa shape index (κ2) is 16.1. The number of ether oxygens (including phenoxy) is 4. The zero-order valence-corrected chi connectivity index (χ0v) is 37.0. The third-order valence-electron chi connectivity index (χ3n) is 17.5. The second-order valence-electron chi connectivity index (χ2n) is 20.7. The van der Waals surface area contributed by atoms with Gasteiger partial charge in [0, 0.05) is 22.0 Å². The van der Waals surface area contributed by atoms with Crippen LogP contribution >= 0.6 is 0 Å². The molecule has 0 bridgehead atoms. The summed E-state index contributed by atoms with van der Waals surface area (Å²) in [6.45, 7) is 18.7. The monoisotopic (exact) mass is 846 g/mol. The van der Waals surface area contributed by atoms with Gasteiger partial charge in [-0.15, -0.1) is 0 Å². The van der Waals surface area contributed by atoms with E-state index < -0.39 is 107 Å². The number of esters is 2. The lowest BCUT2D eigenvalue weighted by molar-refractivity contribution is -0.328. The van der Waals surface area contributed by atoms with Crippen molar-refractivity contribution >= 4 is 17.9 Å². The molecule has 5 fully saturated rings. The van der Waals surface area contributed by atoms with Gasteiger partial charge >= 0.3 is 17.9 Å². The first-order valence-electron chi connectivity index (χ1n) is 21.8. The van der Waals surface area contributed by atoms with Crippen molar-refractivity contribution in [1.29, 1.82) is 0 Å². The summed E-state index contributed by atoms with van der Waals surface area (Å²) in [4.78, 5) is 38.9. The smallest absolute Gasteiger partial charge is 0.335 e. The standard InChI is InChI=1S/C46H70O14/c1-11-23(3)38(55)59-35-36(60-39(56)24(4)12-2)46(22-48)26(19-41(35,5)6)25-13-14-28-42(7)17-16-30(57-40-33(52)31(50)32(51)34(58-40)37(53)54)43(8,21-47)27(42)15-18-44(28,9)45(25,10)20-29(46)49/h11-13,26-36,40,47-52H,14-22H2,1-10H3,(H,53,54)/b23-11-,24-12-/t26-,27+,28+,29-,30-,31-,32-,33+,34-,35-,36-,40+,42-,43-,44+,45+,46-/m0/s1. The Morgan fingerprint density at radius 2 is 1.40 bits per heavy atom. The van der Waals surface area contributed by atoms with Crippen LogP contribution < -0.4 is 0 Å². The van der Waals surface area contributed by atoms with Gasteiger partial charge in [0.1, 0.15) is 24.4 Å². The number of carbonyl (C=O) groups is 3. The van der Waals surface area contributed by atoms with Crippen LogP contribution in [0.5, 0.6) is 0 Å². The van der Waals surface area contributed by atoms with E-state index in [2.05, 4.69) is 26.8 Å². The molecule has 0 aromatic rings. The first kappa shape index (κ1) is 46.8. The fourth-order valence-electron chi connectivity index (χ4n) is 13.4. The number of carboxylic acids is 1. The molecule has 1 aliphatic heterocycles. The first-order chi connectivity index (χ1) is 27.9. The van der Waals surface area contributed by atoms with E-state index in [-0.39, 0.29) is 35.7 Å². The molecular weight excluding hydrogens is 776 g/mol. The average Bonchev–Trinajstić information content (AvgIpc) is 3.19. The fraction of sp³-hybridized carbons (Fsp3) is 0.804. The molecule has 0 aromatic carbocycles. The van der Waals surface area contributed by atoms with E-state index in [1.165, 1.54) is 0 Å². The minimum atomic E-state index is -1.85. The van der Waals surface area contributed by atoms with Gasteiger partial charge in [0.25, 0.3) is 0 Å². The largest absolute Gasteiger partial charge is 0.479 e. The fourth-order valence-corrected chi connectivity index (χ4v) is 13.4. The number of aliphatic hydroxyl groups is 6. The van der Waals surface area contributed by atoms with Gasteiger partial charge in [0.2, 0.25) is 0 Å². The van der Waals surface area contributed by atoms with Crippen molar-refractivity contribution in [2.75, 3.05) is 13.2 Å². The zero-order valence-electron chi connectivity index (χ0n) is 37.0. The summed E-state index contributed by atoms with van der Waals surface area (Å²) in [7, 11) is 0. The van der Waals surface area contributed by atoms with Crippen molar-refractivity contribution in [3.05, 3.63) is 34.9 Å². The number of rotatable bonds is 9. The van der Waals surface area contributed by atoms with E-state index in [0.29, 0.717) is 43.3 Å². The van der Waals surface area contributed by atoms with E-state index >= 15 is 0 Å². The Bertz CT molecular complexity index is 1790. The lowest BCUT2D eigenvalue weighted by Gasteiger charge is -2.72. The van der Waals surface area contributed by atoms with Crippen molar-refractivity contribution in [3.8, 4) is 0 Å². The van der Waals surface area contributed by atoms with Gasteiger partial charge in [-0.1, -0.05) is 65.3 Å². The van der Waals surface area contributed by atoms with E-state index in [0.717, 1.165) is 12.0 Å². The van der Waals surface area contributed by atoms with Crippen LogP contribution in [0.1, 0.15) is 114 Å². The third-order valence-corrected chi connectivity index (χ3v) is 17.5. The predicted molar refractivity (Wildman–Crippen MR) is 218 cm³/mol.